The number of ether oxygens (including phenoxy) is 1. The van der Waals surface area contributed by atoms with Crippen LogP contribution in [-0.4, -0.2) is 46.5 Å². The summed E-state index contributed by atoms with van der Waals surface area (Å²) in [6.07, 6.45) is 3.46. The second-order valence-corrected chi connectivity index (χ2v) is 8.82. The largest absolute Gasteiger partial charge is 0.489 e. The number of carbonyl (C=O) groups is 3. The van der Waals surface area contributed by atoms with Gasteiger partial charge in [0, 0.05) is 18.7 Å². The summed E-state index contributed by atoms with van der Waals surface area (Å²) in [5.41, 5.74) is 0.891. The molecule has 32 heavy (non-hydrogen) atoms. The van der Waals surface area contributed by atoms with Crippen molar-refractivity contribution in [2.24, 2.45) is 0 Å². The molecule has 0 atom stereocenters. The molecule has 0 bridgehead atoms. The van der Waals surface area contributed by atoms with Gasteiger partial charge in [-0.3, -0.25) is 19.3 Å². The van der Waals surface area contributed by atoms with Gasteiger partial charge in [0.15, 0.2) is 0 Å². The van der Waals surface area contributed by atoms with Gasteiger partial charge in [-0.25, -0.2) is 4.39 Å². The van der Waals surface area contributed by atoms with Crippen LogP contribution in [0, 0.1) is 5.82 Å². The third kappa shape index (κ3) is 4.97. The Morgan fingerprint density at radius 2 is 1.91 bits per heavy atom. The zero-order chi connectivity index (χ0) is 22.7. The van der Waals surface area contributed by atoms with E-state index >= 15 is 0 Å². The van der Waals surface area contributed by atoms with Crippen molar-refractivity contribution < 1.29 is 23.5 Å². The third-order valence-electron chi connectivity index (χ3n) is 5.23. The first-order chi connectivity index (χ1) is 15.4. The number of nitrogens with zero attached hydrogens (tertiary/aromatic N) is 2. The van der Waals surface area contributed by atoms with Crippen molar-refractivity contribution in [3.05, 3.63) is 69.3 Å². The minimum Gasteiger partial charge on any atom is -0.489 e. The van der Waals surface area contributed by atoms with Crippen molar-refractivity contribution in [3.63, 3.8) is 0 Å². The van der Waals surface area contributed by atoms with Gasteiger partial charge >= 0.3 is 0 Å². The fraction of sp³-hybridized carbons (Fsp3) is 0.261. The monoisotopic (exact) mass is 474 g/mol. The Morgan fingerprint density at radius 1 is 1.16 bits per heavy atom. The molecule has 2 aromatic rings. The van der Waals surface area contributed by atoms with Gasteiger partial charge in [-0.2, -0.15) is 0 Å². The Labute approximate surface area is 194 Å². The summed E-state index contributed by atoms with van der Waals surface area (Å²) in [5.74, 6) is -0.697. The quantitative estimate of drug-likeness (QED) is 0.567. The molecule has 0 unspecified atom stereocenters. The van der Waals surface area contributed by atoms with Crippen molar-refractivity contribution >= 4 is 46.5 Å². The summed E-state index contributed by atoms with van der Waals surface area (Å²) in [5, 5.41) is -0.186. The highest BCUT2D eigenvalue weighted by molar-refractivity contribution is 8.18. The average molecular weight is 475 g/mol. The number of carbonyl (C=O) groups excluding carboxylic acids is 3. The van der Waals surface area contributed by atoms with Crippen molar-refractivity contribution in [1.82, 2.24) is 9.80 Å². The maximum absolute atomic E-state index is 13.9. The maximum atomic E-state index is 13.9. The van der Waals surface area contributed by atoms with Crippen molar-refractivity contribution in [2.45, 2.75) is 19.4 Å². The van der Waals surface area contributed by atoms with E-state index < -0.39 is 17.0 Å². The van der Waals surface area contributed by atoms with Crippen LogP contribution in [0.25, 0.3) is 6.08 Å². The van der Waals surface area contributed by atoms with E-state index in [0.29, 0.717) is 24.4 Å². The van der Waals surface area contributed by atoms with Crippen molar-refractivity contribution in [1.29, 1.82) is 0 Å². The lowest BCUT2D eigenvalue weighted by Gasteiger charge is -2.18. The first-order valence-electron chi connectivity index (χ1n) is 10.1. The number of amides is 3. The molecule has 3 amide bonds. The Hall–Kier alpha value is -2.84. The van der Waals surface area contributed by atoms with Crippen LogP contribution in [-0.2, 0) is 16.2 Å². The summed E-state index contributed by atoms with van der Waals surface area (Å²) >= 11 is 6.83. The predicted molar refractivity (Wildman–Crippen MR) is 121 cm³/mol. The summed E-state index contributed by atoms with van der Waals surface area (Å²) in [7, 11) is 0. The molecule has 2 fully saturated rings. The third-order valence-corrected chi connectivity index (χ3v) is 6.49. The number of imide groups is 1. The van der Waals surface area contributed by atoms with Crippen LogP contribution in [0.2, 0.25) is 5.02 Å². The molecule has 6 nitrogen and oxygen atoms in total. The summed E-state index contributed by atoms with van der Waals surface area (Å²) in [6, 6.07) is 11.3. The molecule has 2 heterocycles. The van der Waals surface area contributed by atoms with Gasteiger partial charge in [0.25, 0.3) is 11.1 Å². The Morgan fingerprint density at radius 3 is 2.66 bits per heavy atom. The number of benzene rings is 2. The molecule has 2 aromatic carbocycles. The molecular weight excluding hydrogens is 455 g/mol. The number of hydrogen-bond donors (Lipinski definition) is 0. The zero-order valence-electron chi connectivity index (χ0n) is 17.1. The number of likely N-dealkylation sites (tertiary alicyclic amines) is 1. The molecule has 166 valence electrons. The van der Waals surface area contributed by atoms with Gasteiger partial charge in [-0.1, -0.05) is 29.8 Å². The van der Waals surface area contributed by atoms with Gasteiger partial charge in [0.05, 0.1) is 9.93 Å². The highest BCUT2D eigenvalue weighted by Gasteiger charge is 2.37. The Kier molecular flexibility index (Phi) is 6.81. The summed E-state index contributed by atoms with van der Waals surface area (Å²) in [6.45, 7) is 1.03. The van der Waals surface area contributed by atoms with Crippen molar-refractivity contribution in [3.8, 4) is 5.75 Å². The highest BCUT2D eigenvalue weighted by atomic mass is 35.5. The molecular formula is C23H20ClFN2O4S. The van der Waals surface area contributed by atoms with E-state index in [0.717, 1.165) is 29.5 Å². The van der Waals surface area contributed by atoms with Crippen LogP contribution in [0.5, 0.6) is 5.75 Å². The molecule has 0 spiro atoms. The minimum absolute atomic E-state index is 0.0515. The molecule has 0 saturated carbocycles. The number of halogens is 2. The van der Waals surface area contributed by atoms with Gasteiger partial charge in [-0.05, 0) is 60.5 Å². The SMILES string of the molecule is O=C(CN1C(=O)S/C(=C\c2cccc(OCc3c(F)cccc3Cl)c2)C1=O)N1CCCC1. The zero-order valence-corrected chi connectivity index (χ0v) is 18.6. The Bertz CT molecular complexity index is 1080. The molecule has 4 rings (SSSR count). The minimum atomic E-state index is -0.489. The van der Waals surface area contributed by atoms with Gasteiger partial charge in [0.1, 0.15) is 24.7 Å². The highest BCUT2D eigenvalue weighted by Crippen LogP contribution is 2.33. The molecule has 0 aliphatic carbocycles. The second-order valence-electron chi connectivity index (χ2n) is 7.42. The standard InChI is InChI=1S/C23H20ClFN2O4S/c24-18-7-4-8-19(25)17(18)14-31-16-6-3-5-15(11-16)12-20-22(29)27(23(30)32-20)13-21(28)26-9-1-2-10-26/h3-8,11-12H,1-2,9-10,13-14H2/b20-12-. The fourth-order valence-electron chi connectivity index (χ4n) is 3.51. The molecule has 0 N–H and O–H groups in total. The lowest BCUT2D eigenvalue weighted by atomic mass is 10.2. The smallest absolute Gasteiger partial charge is 0.294 e. The van der Waals surface area contributed by atoms with E-state index in [-0.39, 0.29) is 34.6 Å². The number of rotatable bonds is 6. The molecule has 2 saturated heterocycles. The molecule has 2 aliphatic rings. The van der Waals surface area contributed by atoms with Crippen LogP contribution in [0.1, 0.15) is 24.0 Å². The van der Waals surface area contributed by atoms with E-state index in [2.05, 4.69) is 0 Å². The van der Waals surface area contributed by atoms with E-state index in [4.69, 9.17) is 16.3 Å². The van der Waals surface area contributed by atoms with E-state index in [9.17, 15) is 18.8 Å². The molecule has 2 aliphatic heterocycles. The fourth-order valence-corrected chi connectivity index (χ4v) is 4.57. The van der Waals surface area contributed by atoms with E-state index in [1.165, 1.54) is 12.1 Å². The lowest BCUT2D eigenvalue weighted by molar-refractivity contribution is -0.135. The van der Waals surface area contributed by atoms with Crippen LogP contribution in [0.4, 0.5) is 9.18 Å². The Balaban J connectivity index is 1.44. The molecule has 9 heteroatoms. The van der Waals surface area contributed by atoms with Crippen LogP contribution < -0.4 is 4.74 Å². The normalized spacial score (nSPS) is 17.5. The first-order valence-corrected chi connectivity index (χ1v) is 11.3. The lowest BCUT2D eigenvalue weighted by Crippen LogP contribution is -2.40. The van der Waals surface area contributed by atoms with Crippen LogP contribution in [0.3, 0.4) is 0 Å². The van der Waals surface area contributed by atoms with Gasteiger partial charge in [0.2, 0.25) is 5.91 Å². The summed E-state index contributed by atoms with van der Waals surface area (Å²) < 4.78 is 19.6. The van der Waals surface area contributed by atoms with E-state index in [1.54, 1.807) is 41.3 Å². The van der Waals surface area contributed by atoms with Crippen LogP contribution in [0.15, 0.2) is 47.4 Å². The van der Waals surface area contributed by atoms with Gasteiger partial charge in [-0.15, -0.1) is 0 Å². The number of hydrogen-bond acceptors (Lipinski definition) is 5. The van der Waals surface area contributed by atoms with E-state index in [1.807, 2.05) is 0 Å². The molecule has 0 radical (unpaired) electrons. The number of thioether (sulfide) groups is 1. The maximum Gasteiger partial charge on any atom is 0.294 e. The molecule has 0 aromatic heterocycles. The summed E-state index contributed by atoms with van der Waals surface area (Å²) in [4.78, 5) is 40.2. The van der Waals surface area contributed by atoms with Gasteiger partial charge < -0.3 is 9.64 Å². The first kappa shape index (κ1) is 22.4. The topological polar surface area (TPSA) is 66.9 Å². The van der Waals surface area contributed by atoms with Crippen LogP contribution >= 0.6 is 23.4 Å². The second kappa shape index (κ2) is 9.75. The van der Waals surface area contributed by atoms with Crippen molar-refractivity contribution in [2.75, 3.05) is 19.6 Å². The average Bonchev–Trinajstić information content (AvgIpc) is 3.39. The predicted octanol–water partition coefficient (Wildman–Crippen LogP) is 4.72.